The molecule has 3 aliphatic heterocycles. The number of rotatable bonds is 4. The number of amidine groups is 3. The molecule has 0 atom stereocenters. The second-order valence-electron chi connectivity index (χ2n) is 7.95. The number of carbonyl (C=O) groups excluding carboxylic acids is 2. The van der Waals surface area contributed by atoms with Crippen LogP contribution in [-0.2, 0) is 9.53 Å². The van der Waals surface area contributed by atoms with E-state index in [-0.39, 0.29) is 11.4 Å². The highest BCUT2D eigenvalue weighted by molar-refractivity contribution is 8.26. The number of ether oxygens (including phenoxy) is 1. The molecule has 0 saturated carbocycles. The molecule has 10 heteroatoms. The predicted octanol–water partition coefficient (Wildman–Crippen LogP) is 4.19. The van der Waals surface area contributed by atoms with Crippen molar-refractivity contribution >= 4 is 45.9 Å². The third-order valence-electron chi connectivity index (χ3n) is 5.64. The van der Waals surface area contributed by atoms with Crippen LogP contribution in [0, 0.1) is 5.41 Å². The van der Waals surface area contributed by atoms with Gasteiger partial charge in [-0.05, 0) is 68.3 Å². The molecule has 3 aliphatic rings. The molecule has 2 aromatic rings. The minimum Gasteiger partial charge on any atom is -0.462 e. The molecule has 34 heavy (non-hydrogen) atoms. The molecule has 1 amide bonds. The molecule has 174 valence electrons. The normalized spacial score (nSPS) is 19.3. The average Bonchev–Trinajstić information content (AvgIpc) is 3.50. The minimum absolute atomic E-state index is 0.0308. The lowest BCUT2D eigenvalue weighted by Crippen LogP contribution is -2.35. The molecular weight excluding hydrogens is 454 g/mol. The molecule has 1 fully saturated rings. The summed E-state index contributed by atoms with van der Waals surface area (Å²) in [5, 5.41) is 15.7. The van der Waals surface area contributed by atoms with Crippen molar-refractivity contribution < 1.29 is 18.7 Å². The number of carbonyl (C=O) groups is 2. The largest absolute Gasteiger partial charge is 0.462 e. The molecule has 9 nitrogen and oxygen atoms in total. The fourth-order valence-electron chi connectivity index (χ4n) is 3.94. The van der Waals surface area contributed by atoms with Gasteiger partial charge in [0, 0.05) is 18.7 Å². The standard InChI is InChI=1S/C24H23N5O4S/c1-2-32-22(31)16-8-6-7-15(13-16)19-10-9-17(33-19)14-18-20(25)29-23(26-21(18)30)34-24(27-29)28-11-4-3-5-12-28/h6-10,13-14,25H,2-5,11-12H2,1H3/b18-14-,25-20?. The second-order valence-corrected chi connectivity index (χ2v) is 8.89. The van der Waals surface area contributed by atoms with Crippen LogP contribution in [0.2, 0.25) is 0 Å². The molecule has 1 aromatic heterocycles. The van der Waals surface area contributed by atoms with Crippen LogP contribution < -0.4 is 0 Å². The van der Waals surface area contributed by atoms with E-state index in [0.29, 0.717) is 34.4 Å². The zero-order valence-electron chi connectivity index (χ0n) is 18.6. The fourth-order valence-corrected chi connectivity index (χ4v) is 4.88. The lowest BCUT2D eigenvalue weighted by Gasteiger charge is -2.26. The number of fused-ring (bicyclic) bond motifs is 1. The number of nitrogens with zero attached hydrogens (tertiary/aromatic N) is 4. The van der Waals surface area contributed by atoms with Crippen LogP contribution in [-0.4, -0.2) is 57.7 Å². The Labute approximate surface area is 200 Å². The first-order valence-electron chi connectivity index (χ1n) is 11.2. The Morgan fingerprint density at radius 1 is 1.21 bits per heavy atom. The van der Waals surface area contributed by atoms with Crippen LogP contribution in [0.4, 0.5) is 0 Å². The summed E-state index contributed by atoms with van der Waals surface area (Å²) in [7, 11) is 0. The second kappa shape index (κ2) is 9.30. The van der Waals surface area contributed by atoms with Gasteiger partial charge in [-0.25, -0.2) is 4.79 Å². The van der Waals surface area contributed by atoms with Gasteiger partial charge < -0.3 is 14.1 Å². The Morgan fingerprint density at radius 3 is 2.82 bits per heavy atom. The SMILES string of the molecule is CCOC(=O)c1cccc(-c2ccc(/C=C3/C(=N)N4N=C(N5CCCCC5)SC4=NC3=O)o2)c1. The van der Waals surface area contributed by atoms with Crippen molar-refractivity contribution in [2.75, 3.05) is 19.7 Å². The van der Waals surface area contributed by atoms with E-state index in [9.17, 15) is 9.59 Å². The molecule has 1 N–H and O–H groups in total. The lowest BCUT2D eigenvalue weighted by molar-refractivity contribution is -0.114. The van der Waals surface area contributed by atoms with E-state index >= 15 is 0 Å². The summed E-state index contributed by atoms with van der Waals surface area (Å²) >= 11 is 1.33. The van der Waals surface area contributed by atoms with Crippen molar-refractivity contribution in [1.82, 2.24) is 9.91 Å². The summed E-state index contributed by atoms with van der Waals surface area (Å²) in [6.07, 6.45) is 4.93. The summed E-state index contributed by atoms with van der Waals surface area (Å²) in [4.78, 5) is 31.1. The first kappa shape index (κ1) is 22.1. The Morgan fingerprint density at radius 2 is 2.03 bits per heavy atom. The van der Waals surface area contributed by atoms with Crippen LogP contribution in [0.15, 0.2) is 56.5 Å². The summed E-state index contributed by atoms with van der Waals surface area (Å²) in [6, 6.07) is 10.4. The van der Waals surface area contributed by atoms with Gasteiger partial charge in [-0.15, -0.1) is 5.10 Å². The van der Waals surface area contributed by atoms with Crippen LogP contribution in [0.1, 0.15) is 42.3 Å². The number of hydrogen-bond donors (Lipinski definition) is 1. The number of benzene rings is 1. The van der Waals surface area contributed by atoms with Crippen molar-refractivity contribution in [3.8, 4) is 11.3 Å². The summed E-state index contributed by atoms with van der Waals surface area (Å²) in [5.41, 5.74) is 1.23. The van der Waals surface area contributed by atoms with Gasteiger partial charge >= 0.3 is 5.97 Å². The first-order chi connectivity index (χ1) is 16.5. The first-order valence-corrected chi connectivity index (χ1v) is 12.0. The maximum atomic E-state index is 12.7. The highest BCUT2D eigenvalue weighted by atomic mass is 32.2. The van der Waals surface area contributed by atoms with E-state index in [0.717, 1.165) is 31.1 Å². The van der Waals surface area contributed by atoms with Gasteiger partial charge in [-0.3, -0.25) is 10.2 Å². The van der Waals surface area contributed by atoms with Crippen molar-refractivity contribution in [3.05, 3.63) is 53.3 Å². The van der Waals surface area contributed by atoms with Gasteiger partial charge in [0.05, 0.1) is 17.7 Å². The lowest BCUT2D eigenvalue weighted by atomic mass is 10.1. The van der Waals surface area contributed by atoms with Crippen molar-refractivity contribution in [2.24, 2.45) is 10.1 Å². The van der Waals surface area contributed by atoms with Gasteiger partial charge in [-0.2, -0.15) is 10.0 Å². The zero-order valence-corrected chi connectivity index (χ0v) is 19.4. The zero-order chi connectivity index (χ0) is 23.7. The molecule has 0 aliphatic carbocycles. The molecule has 4 heterocycles. The summed E-state index contributed by atoms with van der Waals surface area (Å²) in [5.74, 6) is -0.00604. The van der Waals surface area contributed by atoms with Gasteiger partial charge in [-0.1, -0.05) is 12.1 Å². The number of likely N-dealkylation sites (tertiary alicyclic amines) is 1. The summed E-state index contributed by atoms with van der Waals surface area (Å²) in [6.45, 7) is 3.89. The Kier molecular flexibility index (Phi) is 6.06. The number of thioether (sulfide) groups is 1. The smallest absolute Gasteiger partial charge is 0.338 e. The van der Waals surface area contributed by atoms with Crippen LogP contribution in [0.5, 0.6) is 0 Å². The maximum absolute atomic E-state index is 12.7. The number of piperidine rings is 1. The Bertz CT molecular complexity index is 1260. The fraction of sp³-hybridized carbons (Fsp3) is 0.292. The molecule has 0 unspecified atom stereocenters. The molecule has 5 rings (SSSR count). The van der Waals surface area contributed by atoms with Crippen LogP contribution >= 0.6 is 11.8 Å². The van der Waals surface area contributed by atoms with Gasteiger partial charge in [0.2, 0.25) is 5.17 Å². The molecule has 1 aromatic carbocycles. The van der Waals surface area contributed by atoms with Crippen molar-refractivity contribution in [3.63, 3.8) is 0 Å². The van der Waals surface area contributed by atoms with E-state index in [1.165, 1.54) is 29.3 Å². The average molecular weight is 478 g/mol. The van der Waals surface area contributed by atoms with E-state index < -0.39 is 11.9 Å². The number of furan rings is 1. The predicted molar refractivity (Wildman–Crippen MR) is 131 cm³/mol. The van der Waals surface area contributed by atoms with Gasteiger partial charge in [0.1, 0.15) is 11.5 Å². The monoisotopic (exact) mass is 477 g/mol. The van der Waals surface area contributed by atoms with Gasteiger partial charge in [0.15, 0.2) is 11.0 Å². The maximum Gasteiger partial charge on any atom is 0.338 e. The highest BCUT2D eigenvalue weighted by Crippen LogP contribution is 2.31. The van der Waals surface area contributed by atoms with Crippen LogP contribution in [0.3, 0.4) is 0 Å². The Hall–Kier alpha value is -3.66. The van der Waals surface area contributed by atoms with Crippen molar-refractivity contribution in [1.29, 1.82) is 5.41 Å². The molecule has 0 spiro atoms. The van der Waals surface area contributed by atoms with E-state index in [2.05, 4.69) is 15.0 Å². The number of hydrogen-bond acceptors (Lipinski definition) is 8. The highest BCUT2D eigenvalue weighted by Gasteiger charge is 2.37. The Balaban J connectivity index is 1.37. The van der Waals surface area contributed by atoms with E-state index in [1.54, 1.807) is 37.3 Å². The summed E-state index contributed by atoms with van der Waals surface area (Å²) < 4.78 is 11.0. The molecule has 0 radical (unpaired) electrons. The quantitative estimate of drug-likeness (QED) is 0.519. The number of esters is 1. The van der Waals surface area contributed by atoms with Crippen LogP contribution in [0.25, 0.3) is 17.4 Å². The number of hydrazone groups is 1. The van der Waals surface area contributed by atoms with Gasteiger partial charge in [0.25, 0.3) is 5.91 Å². The third kappa shape index (κ3) is 4.28. The van der Waals surface area contributed by atoms with Crippen molar-refractivity contribution in [2.45, 2.75) is 26.2 Å². The topological polar surface area (TPSA) is 112 Å². The minimum atomic E-state index is -0.499. The number of aliphatic imine (C=N–C) groups is 1. The third-order valence-corrected chi connectivity index (χ3v) is 6.61. The number of amides is 1. The molecule has 0 bridgehead atoms. The number of nitrogens with one attached hydrogen (secondary N) is 1. The molecular formula is C24H23N5O4S. The molecule has 1 saturated heterocycles. The van der Waals surface area contributed by atoms with E-state index in [1.807, 2.05) is 6.07 Å². The van der Waals surface area contributed by atoms with E-state index in [4.69, 9.17) is 14.6 Å².